The normalized spacial score (nSPS) is 13.0. The van der Waals surface area contributed by atoms with Gasteiger partial charge in [-0.15, -0.1) is 0 Å². The van der Waals surface area contributed by atoms with Gasteiger partial charge < -0.3 is 20.3 Å². The Kier molecular flexibility index (Phi) is 6.09. The molecule has 4 N–H and O–H groups in total. The van der Waals surface area contributed by atoms with Gasteiger partial charge in [-0.2, -0.15) is 5.10 Å². The fraction of sp³-hybridized carbons (Fsp3) is 0.217. The third kappa shape index (κ3) is 4.41. The lowest BCUT2D eigenvalue weighted by atomic mass is 9.98. The molecular formula is C23H22N4O6. The van der Waals surface area contributed by atoms with E-state index in [0.717, 1.165) is 22.3 Å². The monoisotopic (exact) mass is 450 g/mol. The summed E-state index contributed by atoms with van der Waals surface area (Å²) in [6.07, 6.45) is -1.23. The minimum atomic E-state index is -1.75. The molecule has 2 amide bonds. The molecule has 0 saturated carbocycles. The van der Waals surface area contributed by atoms with E-state index >= 15 is 0 Å². The van der Waals surface area contributed by atoms with Crippen LogP contribution < -0.4 is 10.6 Å². The maximum Gasteiger partial charge on any atom is 0.411 e. The van der Waals surface area contributed by atoms with Gasteiger partial charge in [0.15, 0.2) is 6.10 Å². The van der Waals surface area contributed by atoms with E-state index in [2.05, 4.69) is 15.7 Å². The number of aliphatic hydroxyl groups excluding tert-OH is 1. The third-order valence-corrected chi connectivity index (χ3v) is 5.48. The van der Waals surface area contributed by atoms with Crippen LogP contribution in [0.25, 0.3) is 11.1 Å². The highest BCUT2D eigenvalue weighted by Crippen LogP contribution is 2.44. The Labute approximate surface area is 188 Å². The molecule has 4 rings (SSSR count). The molecule has 0 fully saturated rings. The first-order valence-corrected chi connectivity index (χ1v) is 10.2. The van der Waals surface area contributed by atoms with Gasteiger partial charge in [-0.1, -0.05) is 48.5 Å². The van der Waals surface area contributed by atoms with E-state index in [0.29, 0.717) is 0 Å². The number of carboxylic acid groups (broad SMARTS) is 1. The number of carbonyl (C=O) groups is 3. The molecule has 3 aromatic rings. The number of fused-ring (bicyclic) bond motifs is 3. The summed E-state index contributed by atoms with van der Waals surface area (Å²) in [4.78, 5) is 35.7. The van der Waals surface area contributed by atoms with E-state index in [9.17, 15) is 19.5 Å². The number of hydrogen-bond acceptors (Lipinski definition) is 6. The van der Waals surface area contributed by atoms with Gasteiger partial charge >= 0.3 is 12.1 Å². The Bertz CT molecular complexity index is 1180. The highest BCUT2D eigenvalue weighted by molar-refractivity contribution is 6.01. The van der Waals surface area contributed by atoms with Gasteiger partial charge in [-0.25, -0.2) is 9.59 Å². The first kappa shape index (κ1) is 22.0. The number of nitrogens with zero attached hydrogens (tertiary/aromatic N) is 2. The summed E-state index contributed by atoms with van der Waals surface area (Å²) in [6.45, 7) is -0.393. The Hall–Kier alpha value is -4.18. The van der Waals surface area contributed by atoms with Crippen molar-refractivity contribution >= 4 is 23.7 Å². The van der Waals surface area contributed by atoms with Crippen molar-refractivity contribution in [3.05, 3.63) is 71.5 Å². The Morgan fingerprint density at radius 1 is 1.09 bits per heavy atom. The molecule has 0 spiro atoms. The van der Waals surface area contributed by atoms with Crippen LogP contribution in [0.3, 0.4) is 0 Å². The van der Waals surface area contributed by atoms with E-state index in [1.54, 1.807) is 0 Å². The number of ether oxygens (including phenoxy) is 1. The van der Waals surface area contributed by atoms with Crippen molar-refractivity contribution in [2.24, 2.45) is 7.05 Å². The van der Waals surface area contributed by atoms with E-state index in [1.165, 1.54) is 17.9 Å². The Morgan fingerprint density at radius 3 is 2.30 bits per heavy atom. The van der Waals surface area contributed by atoms with Crippen molar-refractivity contribution in [1.82, 2.24) is 15.1 Å². The zero-order valence-corrected chi connectivity index (χ0v) is 17.7. The first-order chi connectivity index (χ1) is 15.9. The molecule has 1 aromatic heterocycles. The molecule has 33 heavy (non-hydrogen) atoms. The number of aliphatic hydroxyl groups is 1. The summed E-state index contributed by atoms with van der Waals surface area (Å²) in [5.74, 6) is -2.28. The van der Waals surface area contributed by atoms with Crippen LogP contribution >= 0.6 is 0 Å². The van der Waals surface area contributed by atoms with Crippen molar-refractivity contribution in [3.8, 4) is 11.1 Å². The van der Waals surface area contributed by atoms with E-state index in [1.807, 2.05) is 48.5 Å². The van der Waals surface area contributed by atoms with Crippen LogP contribution in [0.2, 0.25) is 0 Å². The molecule has 1 aliphatic rings. The van der Waals surface area contributed by atoms with Gasteiger partial charge in [0.2, 0.25) is 0 Å². The number of nitrogens with one attached hydrogen (secondary N) is 2. The van der Waals surface area contributed by atoms with Crippen LogP contribution in [0.5, 0.6) is 0 Å². The number of carbonyl (C=O) groups excluding carboxylic acids is 2. The number of rotatable bonds is 7. The second kappa shape index (κ2) is 9.13. The fourth-order valence-corrected chi connectivity index (χ4v) is 3.90. The van der Waals surface area contributed by atoms with Gasteiger partial charge in [0.1, 0.15) is 12.3 Å². The van der Waals surface area contributed by atoms with Gasteiger partial charge in [-0.3, -0.25) is 14.8 Å². The lowest BCUT2D eigenvalue weighted by Crippen LogP contribution is -2.37. The van der Waals surface area contributed by atoms with Crippen molar-refractivity contribution in [2.75, 3.05) is 18.5 Å². The molecule has 1 unspecified atom stereocenters. The standard InChI is InChI=1S/C23H22N4O6/c1-27-20(21(29)24-11-19(28)22(30)31)18(10-25-27)26-23(32)33-12-17-15-8-4-2-6-13(15)14-7-3-5-9-16(14)17/h2-10,17,19,28H,11-12H2,1H3,(H,24,29)(H,26,32)(H,30,31). The van der Waals surface area contributed by atoms with Crippen LogP contribution in [0.15, 0.2) is 54.7 Å². The molecule has 0 saturated heterocycles. The highest BCUT2D eigenvalue weighted by atomic mass is 16.5. The smallest absolute Gasteiger partial charge is 0.411 e. The second-order valence-electron chi connectivity index (χ2n) is 7.55. The SMILES string of the molecule is Cn1ncc(NC(=O)OCC2c3ccccc3-c3ccccc32)c1C(=O)NCC(O)C(=O)O. The quantitative estimate of drug-likeness (QED) is 0.431. The number of aliphatic carboxylic acids is 1. The van der Waals surface area contributed by atoms with Crippen LogP contribution in [0.4, 0.5) is 10.5 Å². The molecule has 1 aliphatic carbocycles. The number of aromatic nitrogens is 2. The average molecular weight is 450 g/mol. The van der Waals surface area contributed by atoms with Crippen molar-refractivity contribution in [1.29, 1.82) is 0 Å². The van der Waals surface area contributed by atoms with Gasteiger partial charge in [0.05, 0.1) is 18.4 Å². The number of benzene rings is 2. The molecule has 10 heteroatoms. The average Bonchev–Trinajstić information content (AvgIpc) is 3.33. The fourth-order valence-electron chi connectivity index (χ4n) is 3.90. The topological polar surface area (TPSA) is 143 Å². The lowest BCUT2D eigenvalue weighted by molar-refractivity contribution is -0.146. The van der Waals surface area contributed by atoms with Gasteiger partial charge in [-0.05, 0) is 22.3 Å². The third-order valence-electron chi connectivity index (χ3n) is 5.48. The maximum atomic E-state index is 12.5. The van der Waals surface area contributed by atoms with Crippen molar-refractivity contribution < 1.29 is 29.3 Å². The zero-order valence-electron chi connectivity index (χ0n) is 17.7. The van der Waals surface area contributed by atoms with Gasteiger partial charge in [0.25, 0.3) is 5.91 Å². The van der Waals surface area contributed by atoms with Crippen LogP contribution in [0.1, 0.15) is 27.5 Å². The number of carboxylic acids is 1. The summed E-state index contributed by atoms with van der Waals surface area (Å²) in [5.41, 5.74) is 4.45. The zero-order chi connectivity index (χ0) is 23.5. The Balaban J connectivity index is 1.43. The summed E-state index contributed by atoms with van der Waals surface area (Å²) < 4.78 is 6.70. The lowest BCUT2D eigenvalue weighted by Gasteiger charge is -2.15. The van der Waals surface area contributed by atoms with Gasteiger partial charge in [0, 0.05) is 13.0 Å². The molecule has 1 heterocycles. The summed E-state index contributed by atoms with van der Waals surface area (Å²) in [5, 5.41) is 26.8. The van der Waals surface area contributed by atoms with Crippen LogP contribution in [-0.4, -0.2) is 57.2 Å². The minimum absolute atomic E-state index is 0.0129. The molecule has 0 bridgehead atoms. The molecule has 0 aliphatic heterocycles. The first-order valence-electron chi connectivity index (χ1n) is 10.2. The van der Waals surface area contributed by atoms with E-state index in [4.69, 9.17) is 9.84 Å². The number of aryl methyl sites for hydroxylation is 1. The molecule has 10 nitrogen and oxygen atoms in total. The second-order valence-corrected chi connectivity index (χ2v) is 7.55. The predicted molar refractivity (Wildman–Crippen MR) is 118 cm³/mol. The Morgan fingerprint density at radius 2 is 1.70 bits per heavy atom. The van der Waals surface area contributed by atoms with E-state index in [-0.39, 0.29) is 23.9 Å². The molecule has 2 aromatic carbocycles. The number of anilines is 1. The highest BCUT2D eigenvalue weighted by Gasteiger charge is 2.29. The minimum Gasteiger partial charge on any atom is -0.479 e. The van der Waals surface area contributed by atoms with E-state index < -0.39 is 30.6 Å². The molecule has 170 valence electrons. The van der Waals surface area contributed by atoms with Crippen LogP contribution in [0, 0.1) is 0 Å². The molecular weight excluding hydrogens is 428 g/mol. The summed E-state index contributed by atoms with van der Waals surface area (Å²) in [6, 6.07) is 15.9. The van der Waals surface area contributed by atoms with Crippen molar-refractivity contribution in [3.63, 3.8) is 0 Å². The number of hydrogen-bond donors (Lipinski definition) is 4. The van der Waals surface area contributed by atoms with Crippen LogP contribution in [-0.2, 0) is 16.6 Å². The molecule has 1 atom stereocenters. The van der Waals surface area contributed by atoms with Crippen molar-refractivity contribution in [2.45, 2.75) is 12.0 Å². The number of amides is 2. The molecule has 0 radical (unpaired) electrons. The maximum absolute atomic E-state index is 12.5. The largest absolute Gasteiger partial charge is 0.479 e. The predicted octanol–water partition coefficient (Wildman–Crippen LogP) is 1.96. The summed E-state index contributed by atoms with van der Waals surface area (Å²) >= 11 is 0. The summed E-state index contributed by atoms with van der Waals surface area (Å²) in [7, 11) is 1.49.